The molecule has 2 rings (SSSR count). The fourth-order valence-electron chi connectivity index (χ4n) is 1.79. The van der Waals surface area contributed by atoms with E-state index in [2.05, 4.69) is 33.0 Å². The number of aromatic nitrogens is 2. The van der Waals surface area contributed by atoms with Gasteiger partial charge in [0.05, 0.1) is 5.02 Å². The quantitative estimate of drug-likeness (QED) is 0.895. The minimum Gasteiger partial charge on any atom is -0.339 e. The molecular weight excluding hydrogens is 330 g/mol. The highest BCUT2D eigenvalue weighted by Gasteiger charge is 2.12. The summed E-state index contributed by atoms with van der Waals surface area (Å²) in [7, 11) is 0. The Morgan fingerprint density at radius 2 is 2.26 bits per heavy atom. The molecule has 1 unspecified atom stereocenters. The topological polar surface area (TPSA) is 64.9 Å². The monoisotopic (exact) mass is 343 g/mol. The van der Waals surface area contributed by atoms with Gasteiger partial charge in [0.2, 0.25) is 11.7 Å². The number of hydrogen-bond acceptors (Lipinski definition) is 4. The maximum Gasteiger partial charge on any atom is 0.228 e. The smallest absolute Gasteiger partial charge is 0.228 e. The van der Waals surface area contributed by atoms with Crippen molar-refractivity contribution in [2.75, 3.05) is 0 Å². The first-order chi connectivity index (χ1) is 9.10. The van der Waals surface area contributed by atoms with Crippen molar-refractivity contribution in [3.63, 3.8) is 0 Å². The third-order valence-electron chi connectivity index (χ3n) is 2.74. The lowest BCUT2D eigenvalue weighted by Crippen LogP contribution is -2.22. The van der Waals surface area contributed by atoms with E-state index in [0.29, 0.717) is 23.2 Å². The van der Waals surface area contributed by atoms with Crippen molar-refractivity contribution in [2.24, 2.45) is 5.73 Å². The Balaban J connectivity index is 2.14. The van der Waals surface area contributed by atoms with Crippen molar-refractivity contribution >= 4 is 27.5 Å². The summed E-state index contributed by atoms with van der Waals surface area (Å²) in [4.78, 5) is 4.35. The van der Waals surface area contributed by atoms with Gasteiger partial charge in [-0.1, -0.05) is 30.1 Å². The molecular formula is C13H15BrClN3O. The summed E-state index contributed by atoms with van der Waals surface area (Å²) in [6, 6.07) is 5.58. The number of nitrogens with zero attached hydrogens (tertiary/aromatic N) is 2. The maximum atomic E-state index is 5.96. The van der Waals surface area contributed by atoms with Gasteiger partial charge in [0.15, 0.2) is 0 Å². The molecule has 1 aromatic heterocycles. The van der Waals surface area contributed by atoms with Crippen molar-refractivity contribution in [3.05, 3.63) is 33.6 Å². The highest BCUT2D eigenvalue weighted by atomic mass is 79.9. The third kappa shape index (κ3) is 3.78. The summed E-state index contributed by atoms with van der Waals surface area (Å²) in [5.74, 6) is 1.12. The SMILES string of the molecule is CCCC(N)Cc1nc(-c2ccc(Cl)c(Br)c2)no1. The molecule has 2 aromatic rings. The highest BCUT2D eigenvalue weighted by molar-refractivity contribution is 9.10. The second kappa shape index (κ2) is 6.50. The van der Waals surface area contributed by atoms with Crippen LogP contribution in [0.1, 0.15) is 25.7 Å². The van der Waals surface area contributed by atoms with Gasteiger partial charge in [-0.25, -0.2) is 0 Å². The van der Waals surface area contributed by atoms with Gasteiger partial charge in [0.25, 0.3) is 0 Å². The van der Waals surface area contributed by atoms with E-state index in [1.807, 2.05) is 12.1 Å². The Bertz CT molecular complexity index is 559. The molecule has 2 N–H and O–H groups in total. The van der Waals surface area contributed by atoms with Crippen LogP contribution in [0, 0.1) is 0 Å². The molecule has 4 nitrogen and oxygen atoms in total. The fourth-order valence-corrected chi connectivity index (χ4v) is 2.28. The van der Waals surface area contributed by atoms with Crippen LogP contribution in [0.3, 0.4) is 0 Å². The highest BCUT2D eigenvalue weighted by Crippen LogP contribution is 2.27. The van der Waals surface area contributed by atoms with Crippen molar-refractivity contribution in [1.82, 2.24) is 10.1 Å². The van der Waals surface area contributed by atoms with Gasteiger partial charge in [-0.3, -0.25) is 0 Å². The van der Waals surface area contributed by atoms with E-state index in [-0.39, 0.29) is 6.04 Å². The van der Waals surface area contributed by atoms with Crippen molar-refractivity contribution in [3.8, 4) is 11.4 Å². The van der Waals surface area contributed by atoms with Crippen LogP contribution in [-0.4, -0.2) is 16.2 Å². The van der Waals surface area contributed by atoms with Crippen LogP contribution in [0.4, 0.5) is 0 Å². The van der Waals surface area contributed by atoms with Gasteiger partial charge in [-0.15, -0.1) is 0 Å². The molecule has 0 saturated heterocycles. The summed E-state index contributed by atoms with van der Waals surface area (Å²) in [6.45, 7) is 2.10. The van der Waals surface area contributed by atoms with Crippen molar-refractivity contribution in [2.45, 2.75) is 32.2 Å². The number of benzene rings is 1. The molecule has 0 fully saturated rings. The van der Waals surface area contributed by atoms with E-state index in [1.54, 1.807) is 6.07 Å². The summed E-state index contributed by atoms with van der Waals surface area (Å²) in [5.41, 5.74) is 6.81. The van der Waals surface area contributed by atoms with Crippen LogP contribution in [0.5, 0.6) is 0 Å². The summed E-state index contributed by atoms with van der Waals surface area (Å²) in [5, 5.41) is 4.62. The molecule has 0 saturated carbocycles. The van der Waals surface area contributed by atoms with Gasteiger partial charge in [0, 0.05) is 22.5 Å². The Morgan fingerprint density at radius 1 is 1.47 bits per heavy atom. The standard InChI is InChI=1S/C13H15BrClN3O/c1-2-3-9(16)7-12-17-13(18-19-12)8-4-5-11(15)10(14)6-8/h4-6,9H,2-3,7,16H2,1H3. The molecule has 6 heteroatoms. The van der Waals surface area contributed by atoms with Crippen LogP contribution in [0.25, 0.3) is 11.4 Å². The van der Waals surface area contributed by atoms with Gasteiger partial charge < -0.3 is 10.3 Å². The molecule has 0 aliphatic carbocycles. The molecule has 0 bridgehead atoms. The lowest BCUT2D eigenvalue weighted by molar-refractivity contribution is 0.366. The first-order valence-corrected chi connectivity index (χ1v) is 7.30. The van der Waals surface area contributed by atoms with Gasteiger partial charge in [-0.2, -0.15) is 4.98 Å². The van der Waals surface area contributed by atoms with Crippen molar-refractivity contribution in [1.29, 1.82) is 0 Å². The Kier molecular flexibility index (Phi) is 4.96. The zero-order chi connectivity index (χ0) is 13.8. The average Bonchev–Trinajstić information content (AvgIpc) is 2.81. The fraction of sp³-hybridized carbons (Fsp3) is 0.385. The molecule has 0 amide bonds. The molecule has 1 atom stereocenters. The second-order valence-electron chi connectivity index (χ2n) is 4.39. The summed E-state index contributed by atoms with van der Waals surface area (Å²) >= 11 is 9.32. The van der Waals surface area contributed by atoms with Gasteiger partial charge in [-0.05, 0) is 40.5 Å². The molecule has 0 radical (unpaired) electrons. The Morgan fingerprint density at radius 3 is 2.95 bits per heavy atom. The largest absolute Gasteiger partial charge is 0.339 e. The zero-order valence-corrected chi connectivity index (χ0v) is 12.9. The van der Waals surface area contributed by atoms with E-state index in [1.165, 1.54) is 0 Å². The first kappa shape index (κ1) is 14.5. The van der Waals surface area contributed by atoms with Crippen LogP contribution < -0.4 is 5.73 Å². The number of rotatable bonds is 5. The van der Waals surface area contributed by atoms with E-state index in [4.69, 9.17) is 21.9 Å². The van der Waals surface area contributed by atoms with E-state index in [0.717, 1.165) is 22.9 Å². The number of nitrogens with two attached hydrogens (primary N) is 1. The lowest BCUT2D eigenvalue weighted by Gasteiger charge is -2.05. The summed E-state index contributed by atoms with van der Waals surface area (Å²) in [6.07, 6.45) is 2.60. The Labute approximate surface area is 125 Å². The number of hydrogen-bond donors (Lipinski definition) is 1. The minimum atomic E-state index is 0.0650. The average molecular weight is 345 g/mol. The Hall–Kier alpha value is -0.910. The predicted molar refractivity (Wildman–Crippen MR) is 79.0 cm³/mol. The first-order valence-electron chi connectivity index (χ1n) is 6.13. The molecule has 19 heavy (non-hydrogen) atoms. The van der Waals surface area contributed by atoms with Gasteiger partial charge >= 0.3 is 0 Å². The van der Waals surface area contributed by atoms with Crippen molar-refractivity contribution < 1.29 is 4.52 Å². The third-order valence-corrected chi connectivity index (χ3v) is 3.96. The van der Waals surface area contributed by atoms with Crippen LogP contribution >= 0.6 is 27.5 Å². The van der Waals surface area contributed by atoms with Crippen LogP contribution in [0.2, 0.25) is 5.02 Å². The maximum absolute atomic E-state index is 5.96. The molecule has 1 aromatic carbocycles. The second-order valence-corrected chi connectivity index (χ2v) is 5.66. The van der Waals surface area contributed by atoms with Gasteiger partial charge in [0.1, 0.15) is 0 Å². The summed E-state index contributed by atoms with van der Waals surface area (Å²) < 4.78 is 6.02. The molecule has 0 aliphatic heterocycles. The van der Waals surface area contributed by atoms with Crippen LogP contribution in [-0.2, 0) is 6.42 Å². The minimum absolute atomic E-state index is 0.0650. The van der Waals surface area contributed by atoms with E-state index >= 15 is 0 Å². The zero-order valence-electron chi connectivity index (χ0n) is 10.6. The molecule has 102 valence electrons. The number of halogens is 2. The molecule has 1 heterocycles. The molecule has 0 aliphatic rings. The van der Waals surface area contributed by atoms with Crippen LogP contribution in [0.15, 0.2) is 27.2 Å². The normalized spacial score (nSPS) is 12.6. The van der Waals surface area contributed by atoms with E-state index < -0.39 is 0 Å². The predicted octanol–water partition coefficient (Wildman–Crippen LogP) is 3.82. The van der Waals surface area contributed by atoms with E-state index in [9.17, 15) is 0 Å². The molecule has 0 spiro atoms. The lowest BCUT2D eigenvalue weighted by atomic mass is 10.1.